The van der Waals surface area contributed by atoms with E-state index in [4.69, 9.17) is 9.47 Å². The molecule has 0 aromatic heterocycles. The molecule has 0 radical (unpaired) electrons. The quantitative estimate of drug-likeness (QED) is 0.0377. The predicted octanol–water partition coefficient (Wildman–Crippen LogP) is 16.0. The highest BCUT2D eigenvalue weighted by atomic mass is 16.6. The first-order valence-corrected chi connectivity index (χ1v) is 24.3. The summed E-state index contributed by atoms with van der Waals surface area (Å²) in [5.74, 6) is -0.642. The molecular weight excluding hydrogens is 729 g/mol. The second kappa shape index (κ2) is 49.2. The Labute approximate surface area is 364 Å². The number of aliphatic hydroxyl groups is 1. The monoisotopic (exact) mass is 819 g/mol. The van der Waals surface area contributed by atoms with E-state index < -0.39 is 6.10 Å². The normalized spacial score (nSPS) is 13.1. The first-order valence-electron chi connectivity index (χ1n) is 24.3. The van der Waals surface area contributed by atoms with Crippen molar-refractivity contribution >= 4 is 11.9 Å². The summed E-state index contributed by atoms with van der Waals surface area (Å²) in [4.78, 5) is 24.4. The maximum atomic E-state index is 12.2. The minimum absolute atomic E-state index is 0.0868. The summed E-state index contributed by atoms with van der Waals surface area (Å²) in [6, 6.07) is 0. The van der Waals surface area contributed by atoms with Crippen LogP contribution in [0.1, 0.15) is 213 Å². The van der Waals surface area contributed by atoms with Gasteiger partial charge in [0.25, 0.3) is 0 Å². The van der Waals surface area contributed by atoms with E-state index in [2.05, 4.69) is 111 Å². The lowest BCUT2D eigenvalue weighted by molar-refractivity contribution is -0.161. The van der Waals surface area contributed by atoms with Crippen molar-refractivity contribution in [2.24, 2.45) is 0 Å². The van der Waals surface area contributed by atoms with Crippen LogP contribution in [0.4, 0.5) is 0 Å². The number of carbonyl (C=O) groups is 2. The highest BCUT2D eigenvalue weighted by molar-refractivity contribution is 5.70. The first kappa shape index (κ1) is 55.8. The number of hydrogen-bond acceptors (Lipinski definition) is 5. The number of aliphatic hydroxyl groups excluding tert-OH is 1. The lowest BCUT2D eigenvalue weighted by Gasteiger charge is -2.15. The van der Waals surface area contributed by atoms with Gasteiger partial charge in [-0.3, -0.25) is 9.59 Å². The largest absolute Gasteiger partial charge is 0.462 e. The summed E-state index contributed by atoms with van der Waals surface area (Å²) in [5, 5.41) is 9.61. The lowest BCUT2D eigenvalue weighted by Crippen LogP contribution is -2.28. The number of rotatable bonds is 43. The van der Waals surface area contributed by atoms with Gasteiger partial charge in [-0.2, -0.15) is 0 Å². The third-order valence-corrected chi connectivity index (χ3v) is 10.1. The molecule has 0 aliphatic rings. The molecule has 5 nitrogen and oxygen atoms in total. The summed E-state index contributed by atoms with van der Waals surface area (Å²) >= 11 is 0. The van der Waals surface area contributed by atoms with Gasteiger partial charge in [0, 0.05) is 12.8 Å². The molecule has 0 aromatic rings. The molecule has 0 heterocycles. The maximum Gasteiger partial charge on any atom is 0.306 e. The van der Waals surface area contributed by atoms with Gasteiger partial charge >= 0.3 is 11.9 Å². The Bertz CT molecular complexity index is 1150. The summed E-state index contributed by atoms with van der Waals surface area (Å²) in [6.45, 7) is 4.00. The minimum atomic E-state index is -0.800. The molecule has 0 fully saturated rings. The number of allylic oxidation sites excluding steroid dienone is 16. The van der Waals surface area contributed by atoms with Gasteiger partial charge in [0.2, 0.25) is 0 Å². The third-order valence-electron chi connectivity index (χ3n) is 10.1. The van der Waals surface area contributed by atoms with Gasteiger partial charge in [-0.15, -0.1) is 0 Å². The smallest absolute Gasteiger partial charge is 0.306 e. The molecule has 0 saturated carbocycles. The summed E-state index contributed by atoms with van der Waals surface area (Å²) in [7, 11) is 0. The molecule has 1 N–H and O–H groups in total. The SMILES string of the molecule is CC/C=C\C/C=C\C/C=C\C/C=C\C/C=C\C/C=C\C/C=C\C/C=C\CCCCC(=O)OC(CO)COC(=O)CCCCCCCCCCCCCCCCCCCC. The lowest BCUT2D eigenvalue weighted by atomic mass is 10.0. The van der Waals surface area contributed by atoms with Gasteiger partial charge < -0.3 is 14.6 Å². The molecule has 0 aliphatic carbocycles. The van der Waals surface area contributed by atoms with Crippen molar-refractivity contribution in [3.63, 3.8) is 0 Å². The Hall–Kier alpha value is -3.18. The minimum Gasteiger partial charge on any atom is -0.462 e. The Morgan fingerprint density at radius 2 is 0.729 bits per heavy atom. The van der Waals surface area contributed by atoms with Crippen LogP contribution in [0, 0.1) is 0 Å². The molecule has 1 unspecified atom stereocenters. The summed E-state index contributed by atoms with van der Waals surface area (Å²) < 4.78 is 10.6. The van der Waals surface area contributed by atoms with Crippen molar-refractivity contribution in [2.45, 2.75) is 219 Å². The van der Waals surface area contributed by atoms with E-state index in [1.807, 2.05) is 0 Å². The number of carbonyl (C=O) groups excluding carboxylic acids is 2. The van der Waals surface area contributed by atoms with Gasteiger partial charge in [0.05, 0.1) is 6.61 Å². The van der Waals surface area contributed by atoms with Crippen LogP contribution in [0.15, 0.2) is 97.2 Å². The van der Waals surface area contributed by atoms with E-state index in [1.165, 1.54) is 96.3 Å². The topological polar surface area (TPSA) is 72.8 Å². The molecule has 0 spiro atoms. The van der Waals surface area contributed by atoms with Crippen LogP contribution >= 0.6 is 0 Å². The van der Waals surface area contributed by atoms with Crippen molar-refractivity contribution in [1.29, 1.82) is 0 Å². The zero-order chi connectivity index (χ0) is 42.8. The standard InChI is InChI=1S/C54H90O5/c1-3-5-7-9-11-13-15-17-19-21-23-24-25-26-27-28-29-30-31-33-35-37-39-41-43-45-47-49-54(57)59-52(50-55)51-58-53(56)48-46-44-42-40-38-36-34-32-22-20-18-16-14-12-10-8-6-4-2/h5,7,11,13,17,19,23-24,26-27,29-30,33,35,39,41,52,55H,3-4,6,8-10,12,14-16,18,20-22,25,28,31-32,34,36-38,40,42-51H2,1-2H3/b7-5-,13-11-,19-17-,24-23-,27-26-,30-29-,35-33-,41-39-. The Kier molecular flexibility index (Phi) is 46.5. The summed E-state index contributed by atoms with van der Waals surface area (Å²) in [5.41, 5.74) is 0. The van der Waals surface area contributed by atoms with Crippen LogP contribution in [-0.2, 0) is 19.1 Å². The number of esters is 2. The fourth-order valence-corrected chi connectivity index (χ4v) is 6.51. The molecule has 59 heavy (non-hydrogen) atoms. The molecule has 336 valence electrons. The van der Waals surface area contributed by atoms with Crippen LogP contribution < -0.4 is 0 Å². The second-order valence-corrected chi connectivity index (χ2v) is 15.8. The summed E-state index contributed by atoms with van der Waals surface area (Å²) in [6.07, 6.45) is 69.2. The first-order chi connectivity index (χ1) is 29.1. The van der Waals surface area contributed by atoms with Gasteiger partial charge in [-0.1, -0.05) is 220 Å². The van der Waals surface area contributed by atoms with Gasteiger partial charge in [-0.05, 0) is 77.0 Å². The Balaban J connectivity index is 3.66. The van der Waals surface area contributed by atoms with E-state index in [0.717, 1.165) is 89.9 Å². The van der Waals surface area contributed by atoms with Crippen LogP contribution in [0.5, 0.6) is 0 Å². The van der Waals surface area contributed by atoms with E-state index in [-0.39, 0.29) is 25.2 Å². The third kappa shape index (κ3) is 47.4. The number of hydrogen-bond donors (Lipinski definition) is 1. The van der Waals surface area contributed by atoms with Crippen molar-refractivity contribution in [1.82, 2.24) is 0 Å². The van der Waals surface area contributed by atoms with Gasteiger partial charge in [0.1, 0.15) is 6.61 Å². The zero-order valence-corrected chi connectivity index (χ0v) is 38.2. The molecule has 0 saturated heterocycles. The average molecular weight is 819 g/mol. The van der Waals surface area contributed by atoms with Gasteiger partial charge in [0.15, 0.2) is 6.10 Å². The molecule has 0 aromatic carbocycles. The Morgan fingerprint density at radius 3 is 1.10 bits per heavy atom. The molecule has 0 bridgehead atoms. The predicted molar refractivity (Wildman–Crippen MR) is 256 cm³/mol. The maximum absolute atomic E-state index is 12.2. The number of ether oxygens (including phenoxy) is 2. The molecule has 0 rings (SSSR count). The molecule has 0 aliphatic heterocycles. The van der Waals surface area contributed by atoms with E-state index >= 15 is 0 Å². The van der Waals surface area contributed by atoms with Crippen molar-refractivity contribution in [3.8, 4) is 0 Å². The highest BCUT2D eigenvalue weighted by Crippen LogP contribution is 2.15. The van der Waals surface area contributed by atoms with E-state index in [1.54, 1.807) is 0 Å². The zero-order valence-electron chi connectivity index (χ0n) is 38.2. The van der Waals surface area contributed by atoms with Crippen molar-refractivity contribution < 1.29 is 24.2 Å². The molecule has 5 heteroatoms. The fourth-order valence-electron chi connectivity index (χ4n) is 6.51. The molecule has 1 atom stereocenters. The second-order valence-electron chi connectivity index (χ2n) is 15.8. The van der Waals surface area contributed by atoms with Crippen LogP contribution in [0.2, 0.25) is 0 Å². The molecule has 0 amide bonds. The average Bonchev–Trinajstić information content (AvgIpc) is 3.24. The van der Waals surface area contributed by atoms with Crippen molar-refractivity contribution in [2.75, 3.05) is 13.2 Å². The van der Waals surface area contributed by atoms with Crippen molar-refractivity contribution in [3.05, 3.63) is 97.2 Å². The van der Waals surface area contributed by atoms with Crippen LogP contribution in [0.3, 0.4) is 0 Å². The van der Waals surface area contributed by atoms with E-state index in [9.17, 15) is 14.7 Å². The number of unbranched alkanes of at least 4 members (excludes halogenated alkanes) is 19. The van der Waals surface area contributed by atoms with E-state index in [0.29, 0.717) is 12.8 Å². The van der Waals surface area contributed by atoms with Crippen LogP contribution in [0.25, 0.3) is 0 Å². The van der Waals surface area contributed by atoms with Crippen LogP contribution in [-0.4, -0.2) is 36.4 Å². The van der Waals surface area contributed by atoms with Gasteiger partial charge in [-0.25, -0.2) is 0 Å². The molecular formula is C54H90O5. The Morgan fingerprint density at radius 1 is 0.407 bits per heavy atom. The highest BCUT2D eigenvalue weighted by Gasteiger charge is 2.16. The fraction of sp³-hybridized carbons (Fsp3) is 0.667.